The lowest BCUT2D eigenvalue weighted by atomic mass is 10.00. The van der Waals surface area contributed by atoms with Crippen molar-refractivity contribution >= 4 is 33.2 Å². The average Bonchev–Trinajstić information content (AvgIpc) is 3.13. The summed E-state index contributed by atoms with van der Waals surface area (Å²) in [5.74, 6) is 2.01. The van der Waals surface area contributed by atoms with E-state index in [1.54, 1.807) is 0 Å². The number of fused-ring (bicyclic) bond motifs is 8. The van der Waals surface area contributed by atoms with Crippen LogP contribution in [-0.2, 0) is 6.54 Å². The molecule has 3 heterocycles. The van der Waals surface area contributed by atoms with Crippen LogP contribution in [0.4, 0.5) is 5.82 Å². The molecule has 3 aromatic rings. The van der Waals surface area contributed by atoms with Crippen LogP contribution in [-0.4, -0.2) is 15.3 Å². The molecular formula is C25H20N4. The molecule has 3 aromatic carbocycles. The Hall–Kier alpha value is -3.66. The number of nitrogens with one attached hydrogen (secondary N) is 1. The number of hydrazone groups is 1. The molecule has 140 valence electrons. The molecule has 29 heavy (non-hydrogen) atoms. The zero-order valence-corrected chi connectivity index (χ0v) is 16.4. The average molecular weight is 376 g/mol. The summed E-state index contributed by atoms with van der Waals surface area (Å²) in [5, 5.41) is 8.31. The highest BCUT2D eigenvalue weighted by Crippen LogP contribution is 2.42. The van der Waals surface area contributed by atoms with E-state index < -0.39 is 0 Å². The van der Waals surface area contributed by atoms with Crippen LogP contribution in [0.5, 0.6) is 0 Å². The van der Waals surface area contributed by atoms with Crippen molar-refractivity contribution in [2.24, 2.45) is 5.10 Å². The van der Waals surface area contributed by atoms with Crippen molar-refractivity contribution in [1.29, 1.82) is 0 Å². The molecule has 0 saturated carbocycles. The molecule has 3 aliphatic heterocycles. The Kier molecular flexibility index (Phi) is 3.33. The van der Waals surface area contributed by atoms with Crippen LogP contribution >= 0.6 is 0 Å². The van der Waals surface area contributed by atoms with E-state index in [9.17, 15) is 0 Å². The maximum Gasteiger partial charge on any atom is 0.143 e. The van der Waals surface area contributed by atoms with E-state index in [1.807, 2.05) is 0 Å². The minimum absolute atomic E-state index is 0.690. The Bertz CT molecular complexity index is 1410. The molecule has 1 N–H and O–H groups in total. The third-order valence-electron chi connectivity index (χ3n) is 5.84. The molecule has 0 spiro atoms. The predicted molar refractivity (Wildman–Crippen MR) is 120 cm³/mol. The van der Waals surface area contributed by atoms with Crippen molar-refractivity contribution in [2.45, 2.75) is 20.4 Å². The highest BCUT2D eigenvalue weighted by Gasteiger charge is 2.25. The van der Waals surface area contributed by atoms with Crippen molar-refractivity contribution in [1.82, 2.24) is 9.55 Å². The first-order valence-corrected chi connectivity index (χ1v) is 9.90. The first kappa shape index (κ1) is 16.3. The normalized spacial score (nSPS) is 13.5. The van der Waals surface area contributed by atoms with Gasteiger partial charge in [-0.15, -0.1) is 0 Å². The van der Waals surface area contributed by atoms with Crippen LogP contribution in [0.1, 0.15) is 16.7 Å². The van der Waals surface area contributed by atoms with Gasteiger partial charge in [0.05, 0.1) is 17.8 Å². The fraction of sp³-hybridized carbons (Fsp3) is 0.120. The molecule has 0 saturated heterocycles. The molecule has 3 aliphatic rings. The van der Waals surface area contributed by atoms with Crippen molar-refractivity contribution in [3.8, 4) is 11.4 Å². The minimum Gasteiger partial charge on any atom is -0.304 e. The Morgan fingerprint density at radius 2 is 1.59 bits per heavy atom. The largest absolute Gasteiger partial charge is 0.304 e. The van der Waals surface area contributed by atoms with Crippen LogP contribution in [0.15, 0.2) is 71.8 Å². The fourth-order valence-electron chi connectivity index (χ4n) is 4.34. The van der Waals surface area contributed by atoms with E-state index in [4.69, 9.17) is 10.1 Å². The van der Waals surface area contributed by atoms with E-state index in [1.165, 1.54) is 32.8 Å². The summed E-state index contributed by atoms with van der Waals surface area (Å²) in [6.45, 7) is 4.93. The minimum atomic E-state index is 0.690. The van der Waals surface area contributed by atoms with Crippen LogP contribution < -0.4 is 5.43 Å². The summed E-state index contributed by atoms with van der Waals surface area (Å²) in [6, 6.07) is 23.6. The van der Waals surface area contributed by atoms with Crippen LogP contribution in [0.2, 0.25) is 0 Å². The summed E-state index contributed by atoms with van der Waals surface area (Å²) < 4.78 is 2.27. The maximum absolute atomic E-state index is 5.03. The lowest BCUT2D eigenvalue weighted by Crippen LogP contribution is -2.23. The van der Waals surface area contributed by atoms with Crippen molar-refractivity contribution in [3.05, 3.63) is 83.4 Å². The quantitative estimate of drug-likeness (QED) is 0.405. The van der Waals surface area contributed by atoms with Crippen molar-refractivity contribution < 1.29 is 0 Å². The Labute approximate surface area is 168 Å². The number of hydrogen-bond acceptors (Lipinski definition) is 3. The van der Waals surface area contributed by atoms with E-state index in [-0.39, 0.29) is 0 Å². The van der Waals surface area contributed by atoms with Crippen LogP contribution in [0.25, 0.3) is 33.1 Å². The van der Waals surface area contributed by atoms with Gasteiger partial charge in [0.1, 0.15) is 11.6 Å². The van der Waals surface area contributed by atoms with Crippen molar-refractivity contribution in [2.75, 3.05) is 5.43 Å². The Morgan fingerprint density at radius 3 is 2.41 bits per heavy atom. The molecule has 0 fully saturated rings. The highest BCUT2D eigenvalue weighted by molar-refractivity contribution is 6.14. The van der Waals surface area contributed by atoms with E-state index in [0.29, 0.717) is 6.54 Å². The van der Waals surface area contributed by atoms with Gasteiger partial charge in [-0.25, -0.2) is 4.98 Å². The van der Waals surface area contributed by atoms with Gasteiger partial charge >= 0.3 is 0 Å². The monoisotopic (exact) mass is 376 g/mol. The zero-order chi connectivity index (χ0) is 19.5. The lowest BCUT2D eigenvalue weighted by molar-refractivity contribution is 0.823. The zero-order valence-electron chi connectivity index (χ0n) is 16.4. The number of aromatic nitrogens is 2. The smallest absolute Gasteiger partial charge is 0.143 e. The van der Waals surface area contributed by atoms with Gasteiger partial charge in [0.2, 0.25) is 0 Å². The molecule has 6 rings (SSSR count). The molecule has 0 atom stereocenters. The first-order valence-electron chi connectivity index (χ1n) is 9.90. The number of pyridine rings is 1. The SMILES string of the molecule is Cc1ccc(C2=NNc3c4ccccc4c4c5cc(C)ccc5nc-4n3C2)cc1. The second-order valence-electron chi connectivity index (χ2n) is 7.85. The van der Waals surface area contributed by atoms with Gasteiger partial charge in [0.15, 0.2) is 0 Å². The highest BCUT2D eigenvalue weighted by atomic mass is 15.4. The van der Waals surface area contributed by atoms with Gasteiger partial charge in [-0.3, -0.25) is 5.43 Å². The van der Waals surface area contributed by atoms with Gasteiger partial charge in [-0.2, -0.15) is 5.10 Å². The van der Waals surface area contributed by atoms with E-state index >= 15 is 0 Å². The second kappa shape index (κ2) is 5.92. The molecule has 0 unspecified atom stereocenters. The van der Waals surface area contributed by atoms with Crippen molar-refractivity contribution in [3.63, 3.8) is 0 Å². The second-order valence-corrected chi connectivity index (χ2v) is 7.85. The lowest BCUT2D eigenvalue weighted by Gasteiger charge is -2.25. The maximum atomic E-state index is 5.03. The van der Waals surface area contributed by atoms with Gasteiger partial charge in [0.25, 0.3) is 0 Å². The molecule has 0 amide bonds. The summed E-state index contributed by atoms with van der Waals surface area (Å²) in [4.78, 5) is 5.03. The van der Waals surface area contributed by atoms with E-state index in [0.717, 1.165) is 28.4 Å². The number of benzene rings is 3. The summed E-state index contributed by atoms with van der Waals surface area (Å²) >= 11 is 0. The van der Waals surface area contributed by atoms with Gasteiger partial charge in [-0.1, -0.05) is 65.7 Å². The number of nitrogens with zero attached hydrogens (tertiary/aromatic N) is 3. The van der Waals surface area contributed by atoms with E-state index in [2.05, 4.69) is 90.6 Å². The number of aryl methyl sites for hydroxylation is 2. The molecule has 0 radical (unpaired) electrons. The number of anilines is 1. The first-order chi connectivity index (χ1) is 14.2. The standard InChI is InChI=1S/C25H20N4/c1-15-7-10-17(11-8-15)22-14-29-24(28-27-22)19-6-4-3-5-18(19)23-20-13-16(2)9-12-21(20)26-25(23)29/h3-13,28H,14H2,1-2H3. The van der Waals surface area contributed by atoms with Gasteiger partial charge < -0.3 is 4.57 Å². The predicted octanol–water partition coefficient (Wildman–Crippen LogP) is 5.74. The molecule has 0 aliphatic carbocycles. The van der Waals surface area contributed by atoms with Crippen LogP contribution in [0, 0.1) is 13.8 Å². The summed E-state index contributed by atoms with van der Waals surface area (Å²) in [7, 11) is 0. The number of hydrogen-bond donors (Lipinski definition) is 1. The topological polar surface area (TPSA) is 42.2 Å². The van der Waals surface area contributed by atoms with Gasteiger partial charge in [-0.05, 0) is 36.9 Å². The summed E-state index contributed by atoms with van der Waals surface area (Å²) in [5.41, 5.74) is 10.2. The molecule has 4 nitrogen and oxygen atoms in total. The summed E-state index contributed by atoms with van der Waals surface area (Å²) in [6.07, 6.45) is 0. The Balaban J connectivity index is 1.64. The Morgan fingerprint density at radius 1 is 0.828 bits per heavy atom. The third kappa shape index (κ3) is 2.39. The molecule has 0 bridgehead atoms. The molecule has 4 heteroatoms. The molecule has 0 aromatic heterocycles. The van der Waals surface area contributed by atoms with Gasteiger partial charge in [0, 0.05) is 16.3 Å². The fourth-order valence-corrected chi connectivity index (χ4v) is 4.34. The third-order valence-corrected chi connectivity index (χ3v) is 5.84. The number of rotatable bonds is 1. The molecular weight excluding hydrogens is 356 g/mol. The van der Waals surface area contributed by atoms with Crippen LogP contribution in [0.3, 0.4) is 0 Å².